The van der Waals surface area contributed by atoms with Crippen LogP contribution >= 0.6 is 0 Å². The van der Waals surface area contributed by atoms with Gasteiger partial charge in [0.1, 0.15) is 11.0 Å². The molecule has 7 nitrogen and oxygen atoms in total. The van der Waals surface area contributed by atoms with Crippen molar-refractivity contribution in [2.45, 2.75) is 44.4 Å². The van der Waals surface area contributed by atoms with Gasteiger partial charge >= 0.3 is 0 Å². The van der Waals surface area contributed by atoms with Crippen LogP contribution in [-0.2, 0) is 0 Å². The number of pyridine rings is 1. The van der Waals surface area contributed by atoms with Gasteiger partial charge in [0.25, 0.3) is 12.0 Å². The fourth-order valence-electron chi connectivity index (χ4n) is 4.19. The maximum atomic E-state index is 13.6. The minimum absolute atomic E-state index is 0.0244. The molecule has 0 bridgehead atoms. The number of anilines is 1. The molecule has 0 aliphatic heterocycles. The summed E-state index contributed by atoms with van der Waals surface area (Å²) in [6.45, 7) is -0.755. The van der Waals surface area contributed by atoms with Crippen molar-refractivity contribution in [1.29, 1.82) is 0 Å². The Kier molecular flexibility index (Phi) is 6.43. The van der Waals surface area contributed by atoms with Crippen molar-refractivity contribution in [1.82, 2.24) is 14.8 Å². The number of alkyl halides is 2. The summed E-state index contributed by atoms with van der Waals surface area (Å²) in [7, 11) is 1.65. The zero-order valence-corrected chi connectivity index (χ0v) is 17.8. The van der Waals surface area contributed by atoms with Crippen LogP contribution in [0.1, 0.15) is 49.1 Å². The number of halogens is 2. The largest absolute Gasteiger partial charge is 0.472 e. The smallest absolute Gasteiger partial charge is 0.277 e. The highest BCUT2D eigenvalue weighted by atomic mass is 19.3. The van der Waals surface area contributed by atoms with Gasteiger partial charge < -0.3 is 10.5 Å². The third-order valence-electron chi connectivity index (χ3n) is 5.69. The fraction of sp³-hybridized carbons (Fsp3) is 0.391. The maximum absolute atomic E-state index is 13.6. The van der Waals surface area contributed by atoms with Gasteiger partial charge in [-0.25, -0.2) is 13.8 Å². The van der Waals surface area contributed by atoms with Gasteiger partial charge in [0.05, 0.1) is 11.3 Å². The lowest BCUT2D eigenvalue weighted by molar-refractivity contribution is 0.0797. The molecule has 32 heavy (non-hydrogen) atoms. The Bertz CT molecular complexity index is 1200. The van der Waals surface area contributed by atoms with Crippen LogP contribution in [0.4, 0.5) is 14.5 Å². The molecular formula is C23H25F2N5O2. The van der Waals surface area contributed by atoms with Crippen LogP contribution in [0.5, 0.6) is 5.88 Å². The number of benzene rings is 1. The van der Waals surface area contributed by atoms with Gasteiger partial charge in [0, 0.05) is 30.6 Å². The van der Waals surface area contributed by atoms with Crippen LogP contribution in [0.15, 0.2) is 40.1 Å². The molecule has 2 N–H and O–H groups in total. The van der Waals surface area contributed by atoms with E-state index in [9.17, 15) is 13.6 Å². The van der Waals surface area contributed by atoms with Gasteiger partial charge in [-0.2, -0.15) is 9.78 Å². The molecule has 1 fully saturated rings. The molecule has 0 amide bonds. The van der Waals surface area contributed by atoms with Crippen LogP contribution in [0, 0.1) is 0 Å². The van der Waals surface area contributed by atoms with Crippen molar-refractivity contribution in [2.75, 3.05) is 19.4 Å². The van der Waals surface area contributed by atoms with E-state index in [1.807, 2.05) is 0 Å². The number of nitrogens with two attached hydrogens (primary N) is 1. The van der Waals surface area contributed by atoms with Crippen LogP contribution in [-0.4, -0.2) is 41.1 Å². The molecular weight excluding hydrogens is 416 g/mol. The second-order valence-corrected chi connectivity index (χ2v) is 7.89. The number of ether oxygens (including phenoxy) is 1. The van der Waals surface area contributed by atoms with Gasteiger partial charge in [-0.05, 0) is 43.0 Å². The molecule has 4 rings (SSSR count). The van der Waals surface area contributed by atoms with Crippen LogP contribution in [0.25, 0.3) is 16.7 Å². The highest BCUT2D eigenvalue weighted by Gasteiger charge is 2.25. The molecule has 3 aromatic rings. The molecule has 9 heteroatoms. The fourth-order valence-corrected chi connectivity index (χ4v) is 4.19. The second-order valence-electron chi connectivity index (χ2n) is 7.89. The third-order valence-corrected chi connectivity index (χ3v) is 5.69. The first-order chi connectivity index (χ1) is 15.5. The van der Waals surface area contributed by atoms with Crippen LogP contribution < -0.4 is 16.0 Å². The van der Waals surface area contributed by atoms with E-state index < -0.39 is 13.0 Å². The summed E-state index contributed by atoms with van der Waals surface area (Å²) >= 11 is 0. The van der Waals surface area contributed by atoms with Crippen molar-refractivity contribution < 1.29 is 13.5 Å². The molecule has 0 radical (unpaired) electrons. The molecule has 1 aliphatic rings. The molecule has 168 valence electrons. The molecule has 0 unspecified atom stereocenters. The number of fused-ring (bicyclic) bond motifs is 1. The SMILES string of the molecule is CN=Cc1cc(-n2nc3ccc(OCC(F)F)nc3c(C3CCCCC3)c2=O)ccc1N. The van der Waals surface area contributed by atoms with E-state index in [1.165, 1.54) is 10.7 Å². The van der Waals surface area contributed by atoms with E-state index in [2.05, 4.69) is 15.1 Å². The number of nitrogen functional groups attached to an aromatic ring is 1. The minimum atomic E-state index is -2.61. The van der Waals surface area contributed by atoms with Gasteiger partial charge in [-0.1, -0.05) is 19.3 Å². The molecule has 1 saturated carbocycles. The predicted octanol–water partition coefficient (Wildman–Crippen LogP) is 4.10. The molecule has 1 aromatic carbocycles. The van der Waals surface area contributed by atoms with E-state index in [0.717, 1.165) is 32.1 Å². The Hall–Kier alpha value is -3.36. The van der Waals surface area contributed by atoms with E-state index >= 15 is 0 Å². The van der Waals surface area contributed by atoms with Crippen molar-refractivity contribution in [3.8, 4) is 11.6 Å². The monoisotopic (exact) mass is 441 g/mol. The number of hydrogen-bond acceptors (Lipinski definition) is 6. The second kappa shape index (κ2) is 9.42. The van der Waals surface area contributed by atoms with E-state index in [0.29, 0.717) is 33.5 Å². The van der Waals surface area contributed by atoms with Crippen molar-refractivity contribution in [3.05, 3.63) is 51.8 Å². The summed E-state index contributed by atoms with van der Waals surface area (Å²) in [4.78, 5) is 22.1. The number of rotatable bonds is 6. The van der Waals surface area contributed by atoms with Gasteiger partial charge in [-0.3, -0.25) is 9.79 Å². The van der Waals surface area contributed by atoms with Crippen LogP contribution in [0.3, 0.4) is 0 Å². The molecule has 2 heterocycles. The highest BCUT2D eigenvalue weighted by molar-refractivity contribution is 5.87. The van der Waals surface area contributed by atoms with Crippen molar-refractivity contribution in [2.24, 2.45) is 4.99 Å². The first-order valence-electron chi connectivity index (χ1n) is 10.6. The number of nitrogens with zero attached hydrogens (tertiary/aromatic N) is 4. The van der Waals surface area contributed by atoms with Gasteiger partial charge in [0.2, 0.25) is 5.88 Å². The summed E-state index contributed by atoms with van der Waals surface area (Å²) in [6, 6.07) is 8.36. The predicted molar refractivity (Wildman–Crippen MR) is 120 cm³/mol. The molecule has 0 atom stereocenters. The average Bonchev–Trinajstić information content (AvgIpc) is 2.79. The summed E-state index contributed by atoms with van der Waals surface area (Å²) in [5, 5.41) is 4.52. The molecule has 0 saturated heterocycles. The zero-order chi connectivity index (χ0) is 22.7. The number of hydrogen-bond donors (Lipinski definition) is 1. The quantitative estimate of drug-likeness (QED) is 0.459. The molecule has 2 aromatic heterocycles. The average molecular weight is 441 g/mol. The number of aromatic nitrogens is 3. The van der Waals surface area contributed by atoms with Gasteiger partial charge in [0.15, 0.2) is 6.61 Å². The van der Waals surface area contributed by atoms with E-state index in [-0.39, 0.29) is 17.4 Å². The van der Waals surface area contributed by atoms with Crippen molar-refractivity contribution in [3.63, 3.8) is 0 Å². The zero-order valence-electron chi connectivity index (χ0n) is 17.8. The maximum Gasteiger partial charge on any atom is 0.277 e. The summed E-state index contributed by atoms with van der Waals surface area (Å²) in [5.74, 6) is 0.0824. The first-order valence-corrected chi connectivity index (χ1v) is 10.6. The van der Waals surface area contributed by atoms with Crippen molar-refractivity contribution >= 4 is 22.9 Å². The Morgan fingerprint density at radius 2 is 2.03 bits per heavy atom. The summed E-state index contributed by atoms with van der Waals surface area (Å²) in [6.07, 6.45) is 3.93. The standard InChI is InChI=1S/C23H25F2N5O2/c1-27-12-15-11-16(7-8-17(15)26)30-23(31)21(14-5-3-2-4-6-14)22-18(29-30)9-10-20(28-22)32-13-19(24)25/h7-12,14,19H,2-6,13,26H2,1H3. The normalized spacial score (nSPS) is 15.1. The molecule has 1 aliphatic carbocycles. The summed E-state index contributed by atoms with van der Waals surface area (Å²) < 4.78 is 31.6. The van der Waals surface area contributed by atoms with Crippen LogP contribution in [0.2, 0.25) is 0 Å². The Morgan fingerprint density at radius 3 is 2.75 bits per heavy atom. The Labute approximate surface area is 183 Å². The Balaban J connectivity index is 1.90. The highest BCUT2D eigenvalue weighted by Crippen LogP contribution is 2.34. The molecule has 0 spiro atoms. The summed E-state index contributed by atoms with van der Waals surface area (Å²) in [5.41, 5.74) is 9.01. The lowest BCUT2D eigenvalue weighted by Crippen LogP contribution is -2.28. The Morgan fingerprint density at radius 1 is 1.25 bits per heavy atom. The van der Waals surface area contributed by atoms with E-state index in [4.69, 9.17) is 10.5 Å². The van der Waals surface area contributed by atoms with E-state index in [1.54, 1.807) is 37.5 Å². The lowest BCUT2D eigenvalue weighted by atomic mass is 9.84. The topological polar surface area (TPSA) is 95.4 Å². The minimum Gasteiger partial charge on any atom is -0.472 e. The number of aliphatic imine (C=N–C) groups is 1. The lowest BCUT2D eigenvalue weighted by Gasteiger charge is -2.23. The third kappa shape index (κ3) is 4.46. The van der Waals surface area contributed by atoms with Gasteiger partial charge in [-0.15, -0.1) is 0 Å². The first kappa shape index (κ1) is 21.9.